The lowest BCUT2D eigenvalue weighted by molar-refractivity contribution is 0.767. The molecule has 88 valence electrons. The number of aryl methyl sites for hydroxylation is 1. The second kappa shape index (κ2) is 3.89. The lowest BCUT2D eigenvalue weighted by Crippen LogP contribution is -1.90. The molecule has 0 saturated carbocycles. The van der Waals surface area contributed by atoms with Crippen molar-refractivity contribution in [1.82, 2.24) is 24.7 Å². The highest BCUT2D eigenvalue weighted by Crippen LogP contribution is 2.16. The minimum Gasteiger partial charge on any atom is -0.383 e. The van der Waals surface area contributed by atoms with Gasteiger partial charge in [0.25, 0.3) is 0 Å². The van der Waals surface area contributed by atoms with Gasteiger partial charge in [-0.2, -0.15) is 5.10 Å². The molecule has 0 radical (unpaired) electrons. The van der Waals surface area contributed by atoms with Crippen LogP contribution in [0.15, 0.2) is 24.8 Å². The largest absolute Gasteiger partial charge is 0.383 e. The molecule has 3 aromatic heterocycles. The van der Waals surface area contributed by atoms with Gasteiger partial charge in [0, 0.05) is 13.2 Å². The van der Waals surface area contributed by atoms with Crippen LogP contribution >= 0.6 is 0 Å². The van der Waals surface area contributed by atoms with Crippen molar-refractivity contribution in [3.63, 3.8) is 0 Å². The van der Waals surface area contributed by atoms with Crippen molar-refractivity contribution in [2.75, 3.05) is 5.73 Å². The molecule has 0 saturated heterocycles. The molecule has 3 aromatic rings. The van der Waals surface area contributed by atoms with Gasteiger partial charge in [-0.1, -0.05) is 5.92 Å². The average Bonchev–Trinajstić information content (AvgIpc) is 2.93. The first-order chi connectivity index (χ1) is 8.72. The third kappa shape index (κ3) is 1.78. The first-order valence-corrected chi connectivity index (χ1v) is 5.32. The van der Waals surface area contributed by atoms with E-state index in [4.69, 9.17) is 5.73 Å². The number of nitrogen functional groups attached to an aromatic ring is 1. The smallest absolute Gasteiger partial charge is 0.143 e. The van der Waals surface area contributed by atoms with Crippen LogP contribution in [0.3, 0.4) is 0 Å². The first kappa shape index (κ1) is 10.4. The molecule has 18 heavy (non-hydrogen) atoms. The molecule has 6 heteroatoms. The van der Waals surface area contributed by atoms with Crippen LogP contribution in [0.25, 0.3) is 11.0 Å². The fourth-order valence-corrected chi connectivity index (χ4v) is 1.65. The monoisotopic (exact) mass is 238 g/mol. The summed E-state index contributed by atoms with van der Waals surface area (Å²) in [5.74, 6) is 6.47. The van der Waals surface area contributed by atoms with E-state index >= 15 is 0 Å². The van der Waals surface area contributed by atoms with Gasteiger partial charge in [-0.15, -0.1) is 0 Å². The van der Waals surface area contributed by atoms with Gasteiger partial charge >= 0.3 is 0 Å². The van der Waals surface area contributed by atoms with E-state index in [-0.39, 0.29) is 0 Å². The molecule has 0 aliphatic rings. The minimum absolute atomic E-state index is 0.450. The fraction of sp³-hybridized carbons (Fsp3) is 0.0833. The Balaban J connectivity index is 2.01. The Labute approximate surface area is 103 Å². The van der Waals surface area contributed by atoms with Gasteiger partial charge in [0.1, 0.15) is 17.8 Å². The predicted octanol–water partition coefficient (Wildman–Crippen LogP) is 0.673. The van der Waals surface area contributed by atoms with Gasteiger partial charge in [0.15, 0.2) is 0 Å². The molecule has 0 aromatic carbocycles. The standard InChI is InChI=1S/C12H10N6/c1-18-6-8(5-16-18)2-3-9-4-10-11(13)14-7-15-12(10)17-9/h4-7H,1H3,(H3,13,14,15,17). The fourth-order valence-electron chi connectivity index (χ4n) is 1.65. The Kier molecular flexibility index (Phi) is 2.24. The average molecular weight is 238 g/mol. The highest BCUT2D eigenvalue weighted by atomic mass is 15.2. The van der Waals surface area contributed by atoms with Crippen molar-refractivity contribution in [2.45, 2.75) is 0 Å². The van der Waals surface area contributed by atoms with E-state index in [0.29, 0.717) is 11.5 Å². The predicted molar refractivity (Wildman–Crippen MR) is 67.5 cm³/mol. The summed E-state index contributed by atoms with van der Waals surface area (Å²) >= 11 is 0. The Hall–Kier alpha value is -2.81. The van der Waals surface area contributed by atoms with Crippen LogP contribution in [0.5, 0.6) is 0 Å². The number of fused-ring (bicyclic) bond motifs is 1. The Morgan fingerprint density at radius 3 is 2.94 bits per heavy atom. The maximum Gasteiger partial charge on any atom is 0.143 e. The zero-order valence-corrected chi connectivity index (χ0v) is 9.68. The summed E-state index contributed by atoms with van der Waals surface area (Å²) in [5, 5.41) is 4.83. The Morgan fingerprint density at radius 2 is 2.22 bits per heavy atom. The number of aromatic amines is 1. The van der Waals surface area contributed by atoms with Crippen molar-refractivity contribution in [1.29, 1.82) is 0 Å². The maximum absolute atomic E-state index is 5.75. The van der Waals surface area contributed by atoms with E-state index in [1.807, 2.05) is 19.3 Å². The second-order valence-electron chi connectivity index (χ2n) is 3.86. The molecule has 0 fully saturated rings. The lowest BCUT2D eigenvalue weighted by atomic mass is 10.3. The number of hydrogen-bond donors (Lipinski definition) is 2. The SMILES string of the molecule is Cn1cc(C#Cc2cc3c(N)ncnc3[nH]2)cn1. The van der Waals surface area contributed by atoms with E-state index in [0.717, 1.165) is 16.6 Å². The van der Waals surface area contributed by atoms with E-state index in [1.54, 1.807) is 10.9 Å². The molecule has 3 heterocycles. The highest BCUT2D eigenvalue weighted by molar-refractivity contribution is 5.87. The summed E-state index contributed by atoms with van der Waals surface area (Å²) < 4.78 is 1.71. The summed E-state index contributed by atoms with van der Waals surface area (Å²) in [6, 6.07) is 1.84. The van der Waals surface area contributed by atoms with Crippen LogP contribution in [0, 0.1) is 11.8 Å². The zero-order valence-electron chi connectivity index (χ0n) is 9.68. The van der Waals surface area contributed by atoms with E-state index in [9.17, 15) is 0 Å². The topological polar surface area (TPSA) is 85.4 Å². The molecular formula is C12H10N6. The summed E-state index contributed by atoms with van der Waals surface area (Å²) in [6.45, 7) is 0. The molecule has 0 bridgehead atoms. The van der Waals surface area contributed by atoms with Crippen molar-refractivity contribution < 1.29 is 0 Å². The summed E-state index contributed by atoms with van der Waals surface area (Å²) in [5.41, 5.74) is 8.05. The number of H-pyrrole nitrogens is 1. The maximum atomic E-state index is 5.75. The van der Waals surface area contributed by atoms with Crippen LogP contribution in [0.2, 0.25) is 0 Å². The normalized spacial score (nSPS) is 10.3. The number of anilines is 1. The number of nitrogens with two attached hydrogens (primary N) is 1. The molecule has 3 rings (SSSR count). The molecule has 0 spiro atoms. The molecule has 0 aliphatic carbocycles. The molecule has 0 amide bonds. The summed E-state index contributed by atoms with van der Waals surface area (Å²) in [7, 11) is 1.85. The van der Waals surface area contributed by atoms with Crippen LogP contribution in [-0.4, -0.2) is 24.7 Å². The quantitative estimate of drug-likeness (QED) is 0.564. The molecule has 6 nitrogen and oxygen atoms in total. The first-order valence-electron chi connectivity index (χ1n) is 5.32. The number of nitrogens with one attached hydrogen (secondary N) is 1. The third-order valence-corrected chi connectivity index (χ3v) is 2.50. The van der Waals surface area contributed by atoms with E-state index < -0.39 is 0 Å². The van der Waals surface area contributed by atoms with Gasteiger partial charge < -0.3 is 10.7 Å². The zero-order chi connectivity index (χ0) is 12.5. The Morgan fingerprint density at radius 1 is 1.33 bits per heavy atom. The van der Waals surface area contributed by atoms with Gasteiger partial charge in [-0.25, -0.2) is 9.97 Å². The van der Waals surface area contributed by atoms with Gasteiger partial charge in [-0.05, 0) is 12.0 Å². The number of aromatic nitrogens is 5. The molecule has 0 aliphatic heterocycles. The number of nitrogens with zero attached hydrogens (tertiary/aromatic N) is 4. The summed E-state index contributed by atoms with van der Waals surface area (Å²) in [6.07, 6.45) is 4.99. The second-order valence-corrected chi connectivity index (χ2v) is 3.86. The van der Waals surface area contributed by atoms with Crippen molar-refractivity contribution >= 4 is 16.9 Å². The number of rotatable bonds is 0. The molecule has 0 unspecified atom stereocenters. The third-order valence-electron chi connectivity index (χ3n) is 2.50. The molecular weight excluding hydrogens is 228 g/mol. The van der Waals surface area contributed by atoms with Crippen LogP contribution in [0.4, 0.5) is 5.82 Å². The Bertz CT molecular complexity index is 771. The summed E-state index contributed by atoms with van der Waals surface area (Å²) in [4.78, 5) is 11.1. The highest BCUT2D eigenvalue weighted by Gasteiger charge is 2.03. The van der Waals surface area contributed by atoms with Crippen LogP contribution in [-0.2, 0) is 7.05 Å². The van der Waals surface area contributed by atoms with Gasteiger partial charge in [0.2, 0.25) is 0 Å². The van der Waals surface area contributed by atoms with Crippen molar-refractivity contribution in [3.8, 4) is 11.8 Å². The van der Waals surface area contributed by atoms with Crippen LogP contribution < -0.4 is 5.73 Å². The van der Waals surface area contributed by atoms with Gasteiger partial charge in [-0.3, -0.25) is 4.68 Å². The van der Waals surface area contributed by atoms with Crippen molar-refractivity contribution in [3.05, 3.63) is 36.0 Å². The minimum atomic E-state index is 0.450. The molecule has 0 atom stereocenters. The van der Waals surface area contributed by atoms with Gasteiger partial charge in [0.05, 0.1) is 22.8 Å². The number of hydrogen-bond acceptors (Lipinski definition) is 4. The van der Waals surface area contributed by atoms with E-state index in [1.165, 1.54) is 6.33 Å². The van der Waals surface area contributed by atoms with Crippen LogP contribution in [0.1, 0.15) is 11.3 Å². The van der Waals surface area contributed by atoms with E-state index in [2.05, 4.69) is 31.9 Å². The lowest BCUT2D eigenvalue weighted by Gasteiger charge is -1.90. The molecule has 3 N–H and O–H groups in total. The van der Waals surface area contributed by atoms with Crippen molar-refractivity contribution in [2.24, 2.45) is 7.05 Å².